The van der Waals surface area contributed by atoms with Crippen LogP contribution in [0.3, 0.4) is 0 Å². The zero-order chi connectivity index (χ0) is 16.6. The van der Waals surface area contributed by atoms with Gasteiger partial charge < -0.3 is 9.84 Å². The van der Waals surface area contributed by atoms with Crippen LogP contribution < -0.4 is 4.74 Å². The van der Waals surface area contributed by atoms with Crippen LogP contribution in [0, 0.1) is 20.8 Å². The number of nitrogens with zero attached hydrogens (tertiary/aromatic N) is 1. The molecule has 0 spiro atoms. The lowest BCUT2D eigenvalue weighted by Gasteiger charge is -2.36. The van der Waals surface area contributed by atoms with Crippen molar-refractivity contribution in [1.29, 1.82) is 0 Å². The number of fused-ring (bicyclic) bond motifs is 1. The fourth-order valence-corrected chi connectivity index (χ4v) is 3.12. The highest BCUT2D eigenvalue weighted by Crippen LogP contribution is 2.43. The summed E-state index contributed by atoms with van der Waals surface area (Å²) in [6.07, 6.45) is 7.68. The average Bonchev–Trinajstić information content (AvgIpc) is 2.57. The maximum Gasteiger partial charge on any atom is 0.127 e. The Labute approximate surface area is 137 Å². The monoisotopic (exact) mass is 309 g/mol. The second kappa shape index (κ2) is 5.73. The molecule has 0 amide bonds. The number of aromatic nitrogens is 1. The number of phenolic OH excluding ortho intramolecular Hbond substituents is 1. The Kier molecular flexibility index (Phi) is 3.88. The smallest absolute Gasteiger partial charge is 0.127 e. The Morgan fingerprint density at radius 3 is 2.65 bits per heavy atom. The Balaban J connectivity index is 1.95. The number of phenols is 1. The van der Waals surface area contributed by atoms with Gasteiger partial charge in [-0.25, -0.2) is 0 Å². The minimum absolute atomic E-state index is 0.356. The Morgan fingerprint density at radius 1 is 1.17 bits per heavy atom. The van der Waals surface area contributed by atoms with Gasteiger partial charge in [0.15, 0.2) is 0 Å². The van der Waals surface area contributed by atoms with Gasteiger partial charge in [-0.05, 0) is 81.5 Å². The number of pyridine rings is 1. The van der Waals surface area contributed by atoms with E-state index in [2.05, 4.69) is 18.0 Å². The van der Waals surface area contributed by atoms with Gasteiger partial charge in [0.05, 0.1) is 5.69 Å². The molecule has 0 saturated heterocycles. The van der Waals surface area contributed by atoms with E-state index in [0.717, 1.165) is 46.5 Å². The number of rotatable bonds is 2. The fourth-order valence-electron chi connectivity index (χ4n) is 3.12. The summed E-state index contributed by atoms with van der Waals surface area (Å²) in [4.78, 5) is 4.32. The lowest BCUT2D eigenvalue weighted by molar-refractivity contribution is 0.113. The summed E-state index contributed by atoms with van der Waals surface area (Å²) in [5.74, 6) is 1.33. The maximum atomic E-state index is 10.2. The summed E-state index contributed by atoms with van der Waals surface area (Å²) >= 11 is 0. The van der Waals surface area contributed by atoms with Crippen LogP contribution in [-0.4, -0.2) is 15.7 Å². The van der Waals surface area contributed by atoms with Gasteiger partial charge in [0.1, 0.15) is 17.1 Å². The summed E-state index contributed by atoms with van der Waals surface area (Å²) in [6, 6.07) is 5.87. The molecule has 3 rings (SSSR count). The Hall–Kier alpha value is -2.29. The summed E-state index contributed by atoms with van der Waals surface area (Å²) < 4.78 is 6.36. The topological polar surface area (TPSA) is 42.4 Å². The van der Waals surface area contributed by atoms with Crippen molar-refractivity contribution < 1.29 is 9.84 Å². The molecule has 0 radical (unpaired) electrons. The molecule has 1 N–H and O–H groups in total. The molecule has 0 aliphatic carbocycles. The molecular weight excluding hydrogens is 286 g/mol. The van der Waals surface area contributed by atoms with Crippen molar-refractivity contribution in [1.82, 2.24) is 4.98 Å². The van der Waals surface area contributed by atoms with E-state index in [1.165, 1.54) is 0 Å². The summed E-state index contributed by atoms with van der Waals surface area (Å²) in [6.45, 7) is 8.03. The first-order chi connectivity index (χ1) is 10.9. The van der Waals surface area contributed by atoms with Crippen molar-refractivity contribution in [3.8, 4) is 11.5 Å². The van der Waals surface area contributed by atoms with Gasteiger partial charge in [-0.3, -0.25) is 4.98 Å². The molecular formula is C20H23NO2. The first-order valence-corrected chi connectivity index (χ1v) is 8.02. The molecule has 0 fully saturated rings. The second-order valence-corrected chi connectivity index (χ2v) is 6.53. The highest BCUT2D eigenvalue weighted by Gasteiger charge is 2.32. The van der Waals surface area contributed by atoms with Crippen LogP contribution in [0.2, 0.25) is 0 Å². The van der Waals surface area contributed by atoms with Crippen molar-refractivity contribution in [3.05, 3.63) is 58.4 Å². The van der Waals surface area contributed by atoms with Crippen LogP contribution in [0.25, 0.3) is 6.08 Å². The van der Waals surface area contributed by atoms with E-state index in [1.807, 2.05) is 45.0 Å². The molecule has 3 heteroatoms. The molecule has 1 aromatic heterocycles. The lowest BCUT2D eigenvalue weighted by atomic mass is 9.87. The molecule has 120 valence electrons. The molecule has 1 aliphatic heterocycles. The highest BCUT2D eigenvalue weighted by atomic mass is 16.5. The van der Waals surface area contributed by atoms with Crippen LogP contribution in [0.4, 0.5) is 0 Å². The quantitative estimate of drug-likeness (QED) is 0.887. The predicted octanol–water partition coefficient (Wildman–Crippen LogP) is 4.51. The third-order valence-electron chi connectivity index (χ3n) is 4.84. The predicted molar refractivity (Wildman–Crippen MR) is 92.9 cm³/mol. The summed E-state index contributed by atoms with van der Waals surface area (Å²) in [5.41, 5.74) is 4.58. The largest absolute Gasteiger partial charge is 0.507 e. The number of hydrogen-bond acceptors (Lipinski definition) is 3. The fraction of sp³-hybridized carbons (Fsp3) is 0.350. The van der Waals surface area contributed by atoms with E-state index in [4.69, 9.17) is 4.74 Å². The molecule has 1 aliphatic rings. The number of aromatic hydroxyl groups is 1. The number of benzene rings is 1. The van der Waals surface area contributed by atoms with Gasteiger partial charge in [-0.15, -0.1) is 0 Å². The first kappa shape index (κ1) is 15.6. The van der Waals surface area contributed by atoms with Crippen LogP contribution in [0.15, 0.2) is 30.5 Å². The molecule has 1 atom stereocenters. The third-order valence-corrected chi connectivity index (χ3v) is 4.84. The molecule has 2 aromatic rings. The number of hydrogen-bond donors (Lipinski definition) is 1. The molecule has 1 aromatic carbocycles. The van der Waals surface area contributed by atoms with Gasteiger partial charge >= 0.3 is 0 Å². The van der Waals surface area contributed by atoms with Gasteiger partial charge in [0.2, 0.25) is 0 Å². The molecule has 2 heterocycles. The second-order valence-electron chi connectivity index (χ2n) is 6.53. The Morgan fingerprint density at radius 2 is 1.96 bits per heavy atom. The standard InChI is InChI=1S/C20H23NO2/c1-13-14(2)19-17(15(3)18(13)22)9-11-20(4,23-19)10-8-16-7-5-6-12-21-16/h5-8,10,12,22H,9,11H2,1-4H3/b10-8-. The zero-order valence-corrected chi connectivity index (χ0v) is 14.2. The SMILES string of the molecule is Cc1c(C)c2c(c(C)c1O)CCC(C)(/C=C\c1ccccn1)O2. The van der Waals surface area contributed by atoms with Gasteiger partial charge in [-0.2, -0.15) is 0 Å². The summed E-state index contributed by atoms with van der Waals surface area (Å²) in [5, 5.41) is 10.2. The van der Waals surface area contributed by atoms with Crippen molar-refractivity contribution in [2.45, 2.75) is 46.1 Å². The average molecular weight is 309 g/mol. The third kappa shape index (κ3) is 2.83. The molecule has 0 saturated carbocycles. The minimum Gasteiger partial charge on any atom is -0.507 e. The van der Waals surface area contributed by atoms with E-state index >= 15 is 0 Å². The van der Waals surface area contributed by atoms with Crippen molar-refractivity contribution >= 4 is 6.08 Å². The van der Waals surface area contributed by atoms with E-state index in [9.17, 15) is 5.11 Å². The minimum atomic E-state index is -0.356. The van der Waals surface area contributed by atoms with Gasteiger partial charge in [0, 0.05) is 11.8 Å². The molecule has 3 nitrogen and oxygen atoms in total. The van der Waals surface area contributed by atoms with E-state index in [1.54, 1.807) is 6.20 Å². The van der Waals surface area contributed by atoms with Crippen molar-refractivity contribution in [2.75, 3.05) is 0 Å². The highest BCUT2D eigenvalue weighted by molar-refractivity contribution is 5.59. The van der Waals surface area contributed by atoms with Gasteiger partial charge in [0.25, 0.3) is 0 Å². The van der Waals surface area contributed by atoms with Crippen LogP contribution in [0.5, 0.6) is 11.5 Å². The molecule has 23 heavy (non-hydrogen) atoms. The van der Waals surface area contributed by atoms with E-state index < -0.39 is 0 Å². The van der Waals surface area contributed by atoms with Crippen molar-refractivity contribution in [2.24, 2.45) is 0 Å². The summed E-state index contributed by atoms with van der Waals surface area (Å²) in [7, 11) is 0. The van der Waals surface area contributed by atoms with Crippen LogP contribution in [-0.2, 0) is 6.42 Å². The molecule has 1 unspecified atom stereocenters. The molecule has 0 bridgehead atoms. The Bertz CT molecular complexity index is 765. The lowest BCUT2D eigenvalue weighted by Crippen LogP contribution is -2.35. The van der Waals surface area contributed by atoms with Crippen molar-refractivity contribution in [3.63, 3.8) is 0 Å². The van der Waals surface area contributed by atoms with Crippen LogP contribution >= 0.6 is 0 Å². The van der Waals surface area contributed by atoms with E-state index in [0.29, 0.717) is 5.75 Å². The maximum absolute atomic E-state index is 10.2. The van der Waals surface area contributed by atoms with Gasteiger partial charge in [-0.1, -0.05) is 6.07 Å². The van der Waals surface area contributed by atoms with Crippen LogP contribution in [0.1, 0.15) is 41.3 Å². The normalized spacial score (nSPS) is 20.3. The zero-order valence-electron chi connectivity index (χ0n) is 14.2. The number of ether oxygens (including phenoxy) is 1. The van der Waals surface area contributed by atoms with E-state index in [-0.39, 0.29) is 5.60 Å². The first-order valence-electron chi connectivity index (χ1n) is 8.02.